The van der Waals surface area contributed by atoms with Gasteiger partial charge in [-0.15, -0.1) is 0 Å². The standard InChI is InChI=1S/C18H18Cl2N2O2S2/c19-13-5-1-3-7-15(13)21-17(23)9-11-25-26-12-10-18(24)22-16-8-4-2-6-14(16)20/h1-8H,9-12H2,(H,21,23)(H,22,24). The molecule has 138 valence electrons. The van der Waals surface area contributed by atoms with Crippen molar-refractivity contribution in [2.75, 3.05) is 22.1 Å². The molecular weight excluding hydrogens is 411 g/mol. The minimum Gasteiger partial charge on any atom is -0.325 e. The molecule has 0 atom stereocenters. The van der Waals surface area contributed by atoms with E-state index in [2.05, 4.69) is 10.6 Å². The van der Waals surface area contributed by atoms with Gasteiger partial charge in [-0.3, -0.25) is 9.59 Å². The van der Waals surface area contributed by atoms with Crippen molar-refractivity contribution in [3.63, 3.8) is 0 Å². The van der Waals surface area contributed by atoms with E-state index in [1.807, 2.05) is 24.3 Å². The molecule has 2 aromatic rings. The monoisotopic (exact) mass is 428 g/mol. The number of carbonyl (C=O) groups is 2. The minimum absolute atomic E-state index is 0.0809. The summed E-state index contributed by atoms with van der Waals surface area (Å²) in [6, 6.07) is 14.3. The number of halogens is 2. The van der Waals surface area contributed by atoms with Crippen LogP contribution in [0.5, 0.6) is 0 Å². The third-order valence-electron chi connectivity index (χ3n) is 3.20. The van der Waals surface area contributed by atoms with Crippen molar-refractivity contribution in [2.24, 2.45) is 0 Å². The zero-order chi connectivity index (χ0) is 18.8. The molecule has 2 N–H and O–H groups in total. The fourth-order valence-electron chi connectivity index (χ4n) is 1.94. The van der Waals surface area contributed by atoms with Crippen LogP contribution in [0.15, 0.2) is 48.5 Å². The molecule has 0 fully saturated rings. The molecule has 0 heterocycles. The van der Waals surface area contributed by atoms with Crippen LogP contribution in [0.3, 0.4) is 0 Å². The van der Waals surface area contributed by atoms with Gasteiger partial charge in [-0.2, -0.15) is 0 Å². The number of hydrogen-bond donors (Lipinski definition) is 2. The number of rotatable bonds is 9. The lowest BCUT2D eigenvalue weighted by molar-refractivity contribution is -0.116. The predicted octanol–water partition coefficient (Wildman–Crippen LogP) is 5.73. The molecule has 0 aliphatic heterocycles. The summed E-state index contributed by atoms with van der Waals surface area (Å²) < 4.78 is 0. The maximum absolute atomic E-state index is 11.9. The summed E-state index contributed by atoms with van der Waals surface area (Å²) in [4.78, 5) is 23.7. The van der Waals surface area contributed by atoms with E-state index in [1.54, 1.807) is 45.9 Å². The van der Waals surface area contributed by atoms with Crippen molar-refractivity contribution in [1.82, 2.24) is 0 Å². The van der Waals surface area contributed by atoms with Crippen LogP contribution in [0.25, 0.3) is 0 Å². The van der Waals surface area contributed by atoms with Crippen molar-refractivity contribution in [3.8, 4) is 0 Å². The molecule has 0 unspecified atom stereocenters. The van der Waals surface area contributed by atoms with Crippen LogP contribution in [0.2, 0.25) is 10.0 Å². The van der Waals surface area contributed by atoms with E-state index in [0.717, 1.165) is 0 Å². The van der Waals surface area contributed by atoms with Crippen molar-refractivity contribution >= 4 is 68.0 Å². The van der Waals surface area contributed by atoms with E-state index in [0.29, 0.717) is 45.8 Å². The Morgan fingerprint density at radius 1 is 0.731 bits per heavy atom. The zero-order valence-electron chi connectivity index (χ0n) is 13.8. The van der Waals surface area contributed by atoms with Crippen molar-refractivity contribution in [3.05, 3.63) is 58.6 Å². The van der Waals surface area contributed by atoms with E-state index in [-0.39, 0.29) is 11.8 Å². The summed E-state index contributed by atoms with van der Waals surface area (Å²) in [5.74, 6) is 1.16. The van der Waals surface area contributed by atoms with Gasteiger partial charge in [-0.05, 0) is 24.3 Å². The fraction of sp³-hybridized carbons (Fsp3) is 0.222. The highest BCUT2D eigenvalue weighted by molar-refractivity contribution is 8.76. The van der Waals surface area contributed by atoms with Crippen LogP contribution in [-0.4, -0.2) is 23.3 Å². The van der Waals surface area contributed by atoms with E-state index in [1.165, 1.54) is 0 Å². The lowest BCUT2D eigenvalue weighted by Gasteiger charge is -2.07. The van der Waals surface area contributed by atoms with Gasteiger partial charge in [0.2, 0.25) is 11.8 Å². The number of para-hydroxylation sites is 2. The molecule has 0 spiro atoms. The average molecular weight is 429 g/mol. The SMILES string of the molecule is O=C(CCSSCCC(=O)Nc1ccccc1Cl)Nc1ccccc1Cl. The summed E-state index contributed by atoms with van der Waals surface area (Å²) in [7, 11) is 3.13. The molecule has 0 radical (unpaired) electrons. The van der Waals surface area contributed by atoms with Crippen LogP contribution in [0.1, 0.15) is 12.8 Å². The molecule has 2 amide bonds. The van der Waals surface area contributed by atoms with Gasteiger partial charge in [0.05, 0.1) is 21.4 Å². The quantitative estimate of drug-likeness (QED) is 0.395. The molecule has 0 bridgehead atoms. The lowest BCUT2D eigenvalue weighted by atomic mass is 10.3. The second kappa shape index (κ2) is 11.4. The van der Waals surface area contributed by atoms with Gasteiger partial charge >= 0.3 is 0 Å². The Labute approximate surface area is 170 Å². The fourth-order valence-corrected chi connectivity index (χ4v) is 4.28. The van der Waals surface area contributed by atoms with E-state index in [4.69, 9.17) is 23.2 Å². The van der Waals surface area contributed by atoms with Gasteiger partial charge in [0.25, 0.3) is 0 Å². The van der Waals surface area contributed by atoms with Crippen molar-refractivity contribution in [1.29, 1.82) is 0 Å². The summed E-state index contributed by atoms with van der Waals surface area (Å²) in [6.07, 6.45) is 0.767. The number of amides is 2. The van der Waals surface area contributed by atoms with Crippen LogP contribution < -0.4 is 10.6 Å². The van der Waals surface area contributed by atoms with E-state index in [9.17, 15) is 9.59 Å². The van der Waals surface area contributed by atoms with Gasteiger partial charge in [0.15, 0.2) is 0 Å². The van der Waals surface area contributed by atoms with Gasteiger partial charge in [0, 0.05) is 24.3 Å². The molecule has 0 aliphatic carbocycles. The number of hydrogen-bond acceptors (Lipinski definition) is 4. The largest absolute Gasteiger partial charge is 0.325 e. The third kappa shape index (κ3) is 7.50. The molecule has 2 rings (SSSR count). The van der Waals surface area contributed by atoms with Gasteiger partial charge in [-0.1, -0.05) is 69.1 Å². The molecule has 2 aromatic carbocycles. The summed E-state index contributed by atoms with van der Waals surface area (Å²) in [5.41, 5.74) is 1.24. The van der Waals surface area contributed by atoms with Crippen LogP contribution in [0, 0.1) is 0 Å². The maximum atomic E-state index is 11.9. The molecule has 26 heavy (non-hydrogen) atoms. The Hall–Kier alpha value is -1.34. The Morgan fingerprint density at radius 2 is 1.12 bits per heavy atom. The number of anilines is 2. The third-order valence-corrected chi connectivity index (χ3v) is 6.27. The summed E-state index contributed by atoms with van der Waals surface area (Å²) >= 11 is 12.0. The van der Waals surface area contributed by atoms with Crippen LogP contribution in [0.4, 0.5) is 11.4 Å². The summed E-state index contributed by atoms with van der Waals surface area (Å²) in [6.45, 7) is 0. The van der Waals surface area contributed by atoms with Crippen molar-refractivity contribution in [2.45, 2.75) is 12.8 Å². The van der Waals surface area contributed by atoms with Gasteiger partial charge < -0.3 is 10.6 Å². The van der Waals surface area contributed by atoms with Gasteiger partial charge in [-0.25, -0.2) is 0 Å². The Kier molecular flexibility index (Phi) is 9.18. The minimum atomic E-state index is -0.0809. The zero-order valence-corrected chi connectivity index (χ0v) is 17.0. The topological polar surface area (TPSA) is 58.2 Å². The molecule has 4 nitrogen and oxygen atoms in total. The Balaban J connectivity index is 1.56. The highest BCUT2D eigenvalue weighted by Gasteiger charge is 2.07. The first kappa shape index (κ1) is 21.0. The smallest absolute Gasteiger partial charge is 0.225 e. The molecule has 0 saturated carbocycles. The second-order valence-corrected chi connectivity index (χ2v) is 8.72. The average Bonchev–Trinajstić information content (AvgIpc) is 2.62. The number of carbonyl (C=O) groups excluding carboxylic acids is 2. The lowest BCUT2D eigenvalue weighted by Crippen LogP contribution is -2.13. The first-order chi connectivity index (χ1) is 12.6. The van der Waals surface area contributed by atoms with Crippen LogP contribution >= 0.6 is 44.8 Å². The second-order valence-electron chi connectivity index (χ2n) is 5.20. The number of benzene rings is 2. The molecular formula is C18H18Cl2N2O2S2. The van der Waals surface area contributed by atoms with E-state index < -0.39 is 0 Å². The summed E-state index contributed by atoms with van der Waals surface area (Å²) in [5, 5.41) is 6.61. The van der Waals surface area contributed by atoms with Crippen LogP contribution in [-0.2, 0) is 9.59 Å². The van der Waals surface area contributed by atoms with E-state index >= 15 is 0 Å². The molecule has 0 aromatic heterocycles. The molecule has 8 heteroatoms. The maximum Gasteiger partial charge on any atom is 0.225 e. The predicted molar refractivity (Wildman–Crippen MR) is 114 cm³/mol. The normalized spacial score (nSPS) is 10.4. The molecule has 0 saturated heterocycles. The first-order valence-electron chi connectivity index (χ1n) is 7.89. The highest BCUT2D eigenvalue weighted by Crippen LogP contribution is 2.25. The number of nitrogens with one attached hydrogen (secondary N) is 2. The van der Waals surface area contributed by atoms with Crippen molar-refractivity contribution < 1.29 is 9.59 Å². The first-order valence-corrected chi connectivity index (χ1v) is 11.1. The Morgan fingerprint density at radius 3 is 1.50 bits per heavy atom. The molecule has 0 aliphatic rings. The van der Waals surface area contributed by atoms with Gasteiger partial charge in [0.1, 0.15) is 0 Å². The highest BCUT2D eigenvalue weighted by atomic mass is 35.5. The Bertz CT molecular complexity index is 696.